The number of carbonyl (C=O) groups excluding carboxylic acids is 2. The van der Waals surface area contributed by atoms with E-state index in [-0.39, 0.29) is 29.8 Å². The molecule has 2 amide bonds. The van der Waals surface area contributed by atoms with Crippen LogP contribution in [0.5, 0.6) is 0 Å². The Hall–Kier alpha value is -2.97. The number of hydrogen-bond donors (Lipinski definition) is 3. The lowest BCUT2D eigenvalue weighted by Crippen LogP contribution is -2.52. The molecule has 3 atom stereocenters. The maximum Gasteiger partial charge on any atom is 0.254 e. The lowest BCUT2D eigenvalue weighted by atomic mass is 9.88. The van der Waals surface area contributed by atoms with Gasteiger partial charge in [0.25, 0.3) is 5.91 Å². The lowest BCUT2D eigenvalue weighted by molar-refractivity contribution is -0.129. The van der Waals surface area contributed by atoms with E-state index in [1.165, 1.54) is 11.1 Å². The Morgan fingerprint density at radius 2 is 2.00 bits per heavy atom. The fraction of sp³-hybridized carbons (Fsp3) is 0.536. The molecule has 3 N–H and O–H groups in total. The van der Waals surface area contributed by atoms with Crippen LogP contribution in [0.2, 0.25) is 0 Å². The SMILES string of the molecule is CC[C@@H]1CN(C[C@@H](O)[C@@H]2Cc3ccccc3CN2)C(=O)c2cc(NC3CCN(C(C)=O)CC3)ncc21. The number of aliphatic hydroxyl groups is 1. The topological polar surface area (TPSA) is 97.8 Å². The van der Waals surface area contributed by atoms with Crippen LogP contribution in [0.25, 0.3) is 0 Å². The van der Waals surface area contributed by atoms with Gasteiger partial charge < -0.3 is 25.5 Å². The van der Waals surface area contributed by atoms with Crippen molar-refractivity contribution >= 4 is 17.6 Å². The van der Waals surface area contributed by atoms with Crippen molar-refractivity contribution in [2.45, 2.75) is 70.2 Å². The van der Waals surface area contributed by atoms with Gasteiger partial charge in [-0.2, -0.15) is 0 Å². The molecule has 1 saturated heterocycles. The Bertz CT molecular complexity index is 1110. The summed E-state index contributed by atoms with van der Waals surface area (Å²) in [7, 11) is 0. The predicted molar refractivity (Wildman–Crippen MR) is 139 cm³/mol. The second-order valence-electron chi connectivity index (χ2n) is 10.4. The summed E-state index contributed by atoms with van der Waals surface area (Å²) in [5.74, 6) is 0.977. The van der Waals surface area contributed by atoms with Crippen molar-refractivity contribution < 1.29 is 14.7 Å². The number of β-amino-alcohol motifs (C(OH)–C–C–N with tert-alkyl or cyclic N) is 1. The molecule has 0 saturated carbocycles. The van der Waals surface area contributed by atoms with Gasteiger partial charge in [0.2, 0.25) is 5.91 Å². The molecule has 4 heterocycles. The second kappa shape index (κ2) is 10.6. The van der Waals surface area contributed by atoms with Crippen molar-refractivity contribution in [1.29, 1.82) is 0 Å². The van der Waals surface area contributed by atoms with Crippen LogP contribution >= 0.6 is 0 Å². The van der Waals surface area contributed by atoms with Crippen LogP contribution in [0.4, 0.5) is 5.82 Å². The van der Waals surface area contributed by atoms with Crippen LogP contribution in [0.15, 0.2) is 36.5 Å². The molecule has 5 rings (SSSR count). The molecule has 192 valence electrons. The van der Waals surface area contributed by atoms with E-state index in [2.05, 4.69) is 34.7 Å². The molecule has 2 aromatic rings. The number of anilines is 1. The molecule has 36 heavy (non-hydrogen) atoms. The summed E-state index contributed by atoms with van der Waals surface area (Å²) in [5, 5.41) is 18.0. The average Bonchev–Trinajstić information content (AvgIpc) is 2.90. The number of nitrogens with zero attached hydrogens (tertiary/aromatic N) is 3. The molecule has 0 bridgehead atoms. The van der Waals surface area contributed by atoms with Crippen LogP contribution in [0, 0.1) is 0 Å². The standard InChI is InChI=1S/C28H37N5O3/c1-3-19-16-33(17-26(35)25-12-20-6-4-5-7-21(20)14-29-25)28(36)23-13-27(30-15-24(19)23)31-22-8-10-32(11-9-22)18(2)34/h4-7,13,15,19,22,25-26,29,35H,3,8-12,14,16-17H2,1-2H3,(H,30,31)/t19-,25+,26-/m1/s1. The predicted octanol–water partition coefficient (Wildman–Crippen LogP) is 2.53. The van der Waals surface area contributed by atoms with Crippen LogP contribution in [0.3, 0.4) is 0 Å². The highest BCUT2D eigenvalue weighted by atomic mass is 16.3. The summed E-state index contributed by atoms with van der Waals surface area (Å²) >= 11 is 0. The third-order valence-corrected chi connectivity index (χ3v) is 8.10. The molecule has 1 fully saturated rings. The van der Waals surface area contributed by atoms with Crippen molar-refractivity contribution in [2.24, 2.45) is 0 Å². The van der Waals surface area contributed by atoms with Gasteiger partial charge >= 0.3 is 0 Å². The van der Waals surface area contributed by atoms with Crippen molar-refractivity contribution in [2.75, 3.05) is 31.5 Å². The van der Waals surface area contributed by atoms with Crippen LogP contribution in [0.1, 0.15) is 66.1 Å². The number of carbonyl (C=O) groups is 2. The zero-order valence-corrected chi connectivity index (χ0v) is 21.2. The molecular formula is C28H37N5O3. The van der Waals surface area contributed by atoms with Gasteiger partial charge in [-0.15, -0.1) is 0 Å². The number of aliphatic hydroxyl groups excluding tert-OH is 1. The highest BCUT2D eigenvalue weighted by Crippen LogP contribution is 2.32. The minimum atomic E-state index is -0.646. The summed E-state index contributed by atoms with van der Waals surface area (Å²) in [4.78, 5) is 33.5. The van der Waals surface area contributed by atoms with Crippen molar-refractivity contribution in [3.05, 3.63) is 58.8 Å². The fourth-order valence-electron chi connectivity index (χ4n) is 5.83. The highest BCUT2D eigenvalue weighted by Gasteiger charge is 2.34. The van der Waals surface area contributed by atoms with Gasteiger partial charge in [-0.25, -0.2) is 4.98 Å². The number of pyridine rings is 1. The van der Waals surface area contributed by atoms with Gasteiger partial charge in [0.15, 0.2) is 0 Å². The van der Waals surface area contributed by atoms with E-state index in [1.54, 1.807) is 6.92 Å². The van der Waals surface area contributed by atoms with Gasteiger partial charge in [0.05, 0.1) is 6.10 Å². The number of rotatable bonds is 6. The summed E-state index contributed by atoms with van der Waals surface area (Å²) in [6.45, 7) is 6.86. The minimum Gasteiger partial charge on any atom is -0.390 e. The number of likely N-dealkylation sites (tertiary alicyclic amines) is 1. The first kappa shape index (κ1) is 24.7. The van der Waals surface area contributed by atoms with E-state index >= 15 is 0 Å². The molecule has 3 aliphatic rings. The third-order valence-electron chi connectivity index (χ3n) is 8.10. The lowest BCUT2D eigenvalue weighted by Gasteiger charge is -2.38. The van der Waals surface area contributed by atoms with Gasteiger partial charge in [0, 0.05) is 69.4 Å². The Morgan fingerprint density at radius 3 is 2.72 bits per heavy atom. The van der Waals surface area contributed by atoms with E-state index in [4.69, 9.17) is 0 Å². The first-order chi connectivity index (χ1) is 17.4. The molecular weight excluding hydrogens is 454 g/mol. The molecule has 0 unspecified atom stereocenters. The third kappa shape index (κ3) is 5.11. The first-order valence-corrected chi connectivity index (χ1v) is 13.2. The molecule has 8 heteroatoms. The maximum atomic E-state index is 13.6. The molecule has 0 spiro atoms. The number of fused-ring (bicyclic) bond motifs is 2. The van der Waals surface area contributed by atoms with Gasteiger partial charge in [-0.1, -0.05) is 31.2 Å². The van der Waals surface area contributed by atoms with Gasteiger partial charge in [-0.05, 0) is 48.4 Å². The number of nitrogens with one attached hydrogen (secondary N) is 2. The van der Waals surface area contributed by atoms with E-state index in [0.29, 0.717) is 24.5 Å². The number of aromatic nitrogens is 1. The van der Waals surface area contributed by atoms with Crippen molar-refractivity contribution in [1.82, 2.24) is 20.1 Å². The van der Waals surface area contributed by atoms with E-state index in [9.17, 15) is 14.7 Å². The number of benzene rings is 1. The molecule has 0 aliphatic carbocycles. The summed E-state index contributed by atoms with van der Waals surface area (Å²) < 4.78 is 0. The average molecular weight is 492 g/mol. The Labute approximate surface area is 213 Å². The van der Waals surface area contributed by atoms with Crippen LogP contribution in [-0.2, 0) is 17.8 Å². The smallest absolute Gasteiger partial charge is 0.254 e. The highest BCUT2D eigenvalue weighted by molar-refractivity contribution is 5.97. The largest absolute Gasteiger partial charge is 0.390 e. The van der Waals surface area contributed by atoms with E-state index in [1.807, 2.05) is 34.2 Å². The molecule has 0 radical (unpaired) electrons. The Kier molecular flexibility index (Phi) is 7.25. The normalized spacial score (nSPS) is 23.1. The molecule has 3 aliphatic heterocycles. The number of piperidine rings is 1. The Morgan fingerprint density at radius 1 is 1.25 bits per heavy atom. The quantitative estimate of drug-likeness (QED) is 0.575. The number of hydrogen-bond acceptors (Lipinski definition) is 6. The maximum absolute atomic E-state index is 13.6. The van der Waals surface area contributed by atoms with Crippen molar-refractivity contribution in [3.8, 4) is 0 Å². The van der Waals surface area contributed by atoms with E-state index < -0.39 is 6.10 Å². The zero-order chi connectivity index (χ0) is 25.2. The van der Waals surface area contributed by atoms with Crippen LogP contribution < -0.4 is 10.6 Å². The fourth-order valence-corrected chi connectivity index (χ4v) is 5.83. The monoisotopic (exact) mass is 491 g/mol. The molecule has 8 nitrogen and oxygen atoms in total. The number of amides is 2. The van der Waals surface area contributed by atoms with E-state index in [0.717, 1.165) is 50.9 Å². The van der Waals surface area contributed by atoms with Crippen molar-refractivity contribution in [3.63, 3.8) is 0 Å². The minimum absolute atomic E-state index is 0.0400. The summed E-state index contributed by atoms with van der Waals surface area (Å²) in [6, 6.07) is 10.3. The molecule has 1 aromatic heterocycles. The van der Waals surface area contributed by atoms with Gasteiger partial charge in [-0.3, -0.25) is 9.59 Å². The first-order valence-electron chi connectivity index (χ1n) is 13.2. The van der Waals surface area contributed by atoms with Gasteiger partial charge in [0.1, 0.15) is 5.82 Å². The second-order valence-corrected chi connectivity index (χ2v) is 10.4. The molecule has 1 aromatic carbocycles. The Balaban J connectivity index is 1.27. The zero-order valence-electron chi connectivity index (χ0n) is 21.2. The summed E-state index contributed by atoms with van der Waals surface area (Å²) in [6.07, 6.45) is 4.58. The summed E-state index contributed by atoms with van der Waals surface area (Å²) in [5.41, 5.74) is 4.21. The van der Waals surface area contributed by atoms with Crippen LogP contribution in [-0.4, -0.2) is 76.1 Å².